The topological polar surface area (TPSA) is 55.4 Å². The lowest BCUT2D eigenvalue weighted by molar-refractivity contribution is 0.0513. The Hall–Kier alpha value is -2.01. The molecule has 2 aromatic rings. The summed E-state index contributed by atoms with van der Waals surface area (Å²) in [6, 6.07) is 8.07. The summed E-state index contributed by atoms with van der Waals surface area (Å²) in [5.41, 5.74) is 1.98. The number of hydrogen-bond donors (Lipinski definition) is 0. The van der Waals surface area contributed by atoms with Gasteiger partial charge in [-0.05, 0) is 62.3 Å². The molecule has 0 N–H and O–H groups in total. The first-order chi connectivity index (χ1) is 14.7. The molecular weight excluding hydrogens is 415 g/mol. The highest BCUT2D eigenvalue weighted by Gasteiger charge is 2.34. The van der Waals surface area contributed by atoms with Crippen LogP contribution in [0.4, 0.5) is 0 Å². The zero-order valence-electron chi connectivity index (χ0n) is 20.1. The molecule has 2 rings (SSSR count). The van der Waals surface area contributed by atoms with Crippen molar-refractivity contribution in [3.8, 4) is 23.0 Å². The van der Waals surface area contributed by atoms with Gasteiger partial charge in [0.2, 0.25) is 0 Å². The maximum absolute atomic E-state index is 6.06. The lowest BCUT2D eigenvalue weighted by Crippen LogP contribution is -2.30. The van der Waals surface area contributed by atoms with Gasteiger partial charge in [0.15, 0.2) is 13.6 Å². The Morgan fingerprint density at radius 1 is 0.677 bits per heavy atom. The van der Waals surface area contributed by atoms with Gasteiger partial charge in [0, 0.05) is 24.8 Å². The average molecular weight is 451 g/mol. The summed E-state index contributed by atoms with van der Waals surface area (Å²) in [6.07, 6.45) is 0. The predicted molar refractivity (Wildman–Crippen MR) is 126 cm³/mol. The zero-order chi connectivity index (χ0) is 23.2. The summed E-state index contributed by atoms with van der Waals surface area (Å²) in [5.74, 6) is 3.18. The fourth-order valence-corrected chi connectivity index (χ4v) is 6.58. The van der Waals surface area contributed by atoms with Crippen LogP contribution in [0.3, 0.4) is 0 Å². The van der Waals surface area contributed by atoms with Gasteiger partial charge >= 0.3 is 0 Å². The van der Waals surface area contributed by atoms with Crippen molar-refractivity contribution in [1.82, 2.24) is 0 Å². The first-order valence-corrected chi connectivity index (χ1v) is 11.4. The second kappa shape index (κ2) is 11.0. The smallest absolute Gasteiger partial charge is 0.188 e. The van der Waals surface area contributed by atoms with E-state index in [1.807, 2.05) is 26.0 Å². The minimum Gasteiger partial charge on any atom is -0.497 e. The van der Waals surface area contributed by atoms with Crippen molar-refractivity contribution >= 4 is 18.5 Å². The minimum absolute atomic E-state index is 0.122. The van der Waals surface area contributed by atoms with E-state index in [9.17, 15) is 0 Å². The van der Waals surface area contributed by atoms with Gasteiger partial charge in [0.25, 0.3) is 0 Å². The summed E-state index contributed by atoms with van der Waals surface area (Å²) in [7, 11) is 5.63. The zero-order valence-corrected chi connectivity index (χ0v) is 21.0. The Bertz CT molecular complexity index is 810. The first kappa shape index (κ1) is 25.3. The Morgan fingerprint density at radius 2 is 1.06 bits per heavy atom. The van der Waals surface area contributed by atoms with E-state index < -0.39 is 7.92 Å². The fourth-order valence-electron chi connectivity index (χ4n) is 3.48. The van der Waals surface area contributed by atoms with Gasteiger partial charge in [0.05, 0.1) is 14.2 Å². The molecule has 0 atom stereocenters. The quantitative estimate of drug-likeness (QED) is 0.392. The van der Waals surface area contributed by atoms with E-state index in [1.165, 1.54) is 0 Å². The lowest BCUT2D eigenvalue weighted by Gasteiger charge is -2.35. The van der Waals surface area contributed by atoms with Gasteiger partial charge in [-0.25, -0.2) is 0 Å². The van der Waals surface area contributed by atoms with Crippen molar-refractivity contribution in [2.45, 2.75) is 39.8 Å². The van der Waals surface area contributed by atoms with Crippen molar-refractivity contribution < 1.29 is 28.4 Å². The molecular formula is C24H35O6P. The second-order valence-electron chi connectivity index (χ2n) is 8.19. The van der Waals surface area contributed by atoms with Gasteiger partial charge < -0.3 is 28.4 Å². The van der Waals surface area contributed by atoms with E-state index >= 15 is 0 Å². The van der Waals surface area contributed by atoms with Gasteiger partial charge in [-0.3, -0.25) is 0 Å². The number of hydrogen-bond acceptors (Lipinski definition) is 6. The van der Waals surface area contributed by atoms with Crippen molar-refractivity contribution in [3.63, 3.8) is 0 Å². The molecule has 2 aromatic carbocycles. The van der Waals surface area contributed by atoms with Crippen LogP contribution in [0.1, 0.15) is 31.9 Å². The van der Waals surface area contributed by atoms with E-state index in [2.05, 4.69) is 32.9 Å². The molecule has 0 spiro atoms. The van der Waals surface area contributed by atoms with Gasteiger partial charge in [-0.2, -0.15) is 0 Å². The number of rotatable bonds is 10. The Labute approximate surface area is 187 Å². The summed E-state index contributed by atoms with van der Waals surface area (Å²) < 4.78 is 33.8. The SMILES string of the molecule is COCOc1c(C)cc(OC)cc1P(c1cc(OC)cc(C)c1OCOC)C(C)(C)C. The molecule has 31 heavy (non-hydrogen) atoms. The monoisotopic (exact) mass is 450 g/mol. The van der Waals surface area contributed by atoms with E-state index in [4.69, 9.17) is 28.4 Å². The molecule has 0 unspecified atom stereocenters. The summed E-state index contributed by atoms with van der Waals surface area (Å²) in [6.45, 7) is 11.0. The number of aryl methyl sites for hydroxylation is 2. The Kier molecular flexibility index (Phi) is 8.99. The third kappa shape index (κ3) is 6.03. The molecule has 6 nitrogen and oxygen atoms in total. The maximum Gasteiger partial charge on any atom is 0.188 e. The molecule has 0 aromatic heterocycles. The van der Waals surface area contributed by atoms with Crippen LogP contribution < -0.4 is 29.6 Å². The van der Waals surface area contributed by atoms with Gasteiger partial charge in [0.1, 0.15) is 23.0 Å². The molecule has 0 bridgehead atoms. The van der Waals surface area contributed by atoms with Gasteiger partial charge in [-0.1, -0.05) is 20.8 Å². The molecule has 0 saturated carbocycles. The molecule has 0 fully saturated rings. The Balaban J connectivity index is 2.84. The molecule has 0 aliphatic rings. The molecule has 7 heteroatoms. The molecule has 0 radical (unpaired) electrons. The predicted octanol–water partition coefficient (Wildman–Crippen LogP) is 4.52. The van der Waals surface area contributed by atoms with E-state index in [0.29, 0.717) is 0 Å². The molecule has 0 saturated heterocycles. The van der Waals surface area contributed by atoms with Crippen LogP contribution in [-0.4, -0.2) is 47.2 Å². The average Bonchev–Trinajstić information content (AvgIpc) is 2.71. The summed E-state index contributed by atoms with van der Waals surface area (Å²) in [4.78, 5) is 0. The summed E-state index contributed by atoms with van der Waals surface area (Å²) >= 11 is 0. The van der Waals surface area contributed by atoms with Crippen LogP contribution in [0.2, 0.25) is 0 Å². The van der Waals surface area contributed by atoms with Crippen LogP contribution in [0.25, 0.3) is 0 Å². The lowest BCUT2D eigenvalue weighted by atomic mass is 10.2. The van der Waals surface area contributed by atoms with E-state index in [-0.39, 0.29) is 18.7 Å². The maximum atomic E-state index is 6.06. The second-order valence-corrected chi connectivity index (χ2v) is 11.2. The van der Waals surface area contributed by atoms with Crippen molar-refractivity contribution in [1.29, 1.82) is 0 Å². The largest absolute Gasteiger partial charge is 0.497 e. The third-order valence-corrected chi connectivity index (χ3v) is 7.69. The standard InChI is InChI=1S/C24H35O6P/c1-16-10-18(27-8)12-20(22(16)29-14-25-6)31(24(3,4)5)21-13-19(28-9)11-17(2)23(21)30-15-26-7/h10-13H,14-15H2,1-9H3. The van der Waals surface area contributed by atoms with Crippen LogP contribution in [0, 0.1) is 13.8 Å². The minimum atomic E-state index is -0.964. The van der Waals surface area contributed by atoms with Crippen molar-refractivity contribution in [2.24, 2.45) is 0 Å². The molecule has 0 aliphatic carbocycles. The fraction of sp³-hybridized carbons (Fsp3) is 0.500. The molecule has 0 heterocycles. The number of benzene rings is 2. The van der Waals surface area contributed by atoms with Crippen molar-refractivity contribution in [2.75, 3.05) is 42.0 Å². The third-order valence-electron chi connectivity index (χ3n) is 4.72. The van der Waals surface area contributed by atoms with Crippen molar-refractivity contribution in [3.05, 3.63) is 35.4 Å². The molecule has 0 aliphatic heterocycles. The highest BCUT2D eigenvalue weighted by atomic mass is 31.1. The number of ether oxygens (including phenoxy) is 6. The van der Waals surface area contributed by atoms with Crippen LogP contribution in [-0.2, 0) is 9.47 Å². The summed E-state index contributed by atoms with van der Waals surface area (Å²) in [5, 5.41) is 2.00. The van der Waals surface area contributed by atoms with Crippen LogP contribution in [0.5, 0.6) is 23.0 Å². The van der Waals surface area contributed by atoms with Crippen LogP contribution >= 0.6 is 7.92 Å². The highest BCUT2D eigenvalue weighted by Crippen LogP contribution is 2.53. The van der Waals surface area contributed by atoms with E-state index in [1.54, 1.807) is 28.4 Å². The van der Waals surface area contributed by atoms with Gasteiger partial charge in [-0.15, -0.1) is 0 Å². The molecule has 0 amide bonds. The molecule has 172 valence electrons. The Morgan fingerprint density at radius 3 is 1.35 bits per heavy atom. The first-order valence-electron chi connectivity index (χ1n) is 10.1. The number of methoxy groups -OCH3 is 4. The van der Waals surface area contributed by atoms with Crippen LogP contribution in [0.15, 0.2) is 24.3 Å². The van der Waals surface area contributed by atoms with E-state index in [0.717, 1.165) is 44.7 Å². The normalized spacial score (nSPS) is 11.5. The highest BCUT2D eigenvalue weighted by molar-refractivity contribution is 7.74.